The smallest absolute Gasteiger partial charge is 0.238 e. The van der Waals surface area contributed by atoms with E-state index >= 15 is 0 Å². The van der Waals surface area contributed by atoms with Gasteiger partial charge in [-0.2, -0.15) is 0 Å². The minimum Gasteiger partial charge on any atom is -0.468 e. The summed E-state index contributed by atoms with van der Waals surface area (Å²) in [4.78, 5) is 26.3. The molecule has 3 rings (SSSR count). The number of amides is 2. The van der Waals surface area contributed by atoms with Gasteiger partial charge in [-0.15, -0.1) is 0 Å². The highest BCUT2D eigenvalue weighted by Crippen LogP contribution is 2.49. The zero-order valence-electron chi connectivity index (χ0n) is 12.7. The van der Waals surface area contributed by atoms with Crippen molar-refractivity contribution in [3.05, 3.63) is 29.8 Å². The molecule has 0 unspecified atom stereocenters. The van der Waals surface area contributed by atoms with Crippen molar-refractivity contribution in [1.29, 1.82) is 0 Å². The summed E-state index contributed by atoms with van der Waals surface area (Å²) in [6.07, 6.45) is 0.549. The van der Waals surface area contributed by atoms with Gasteiger partial charge in [0.25, 0.3) is 0 Å². The molecule has 1 aromatic carbocycles. The van der Waals surface area contributed by atoms with Crippen molar-refractivity contribution in [3.63, 3.8) is 0 Å². The molecule has 3 atom stereocenters. The number of rotatable bonds is 4. The molecule has 6 nitrogen and oxygen atoms in total. The van der Waals surface area contributed by atoms with Crippen LogP contribution < -0.4 is 10.5 Å². The van der Waals surface area contributed by atoms with Crippen LogP contribution in [0, 0.1) is 5.92 Å². The quantitative estimate of drug-likeness (QED) is 0.836. The number of ether oxygens (including phenoxy) is 2. The van der Waals surface area contributed by atoms with Crippen LogP contribution in [0.15, 0.2) is 24.3 Å². The molecule has 1 saturated heterocycles. The number of nitrogens with two attached hydrogens (primary N) is 1. The number of primary amides is 1. The number of hydrogen-bond donors (Lipinski definition) is 1. The van der Waals surface area contributed by atoms with E-state index in [-0.39, 0.29) is 11.8 Å². The number of likely N-dealkylation sites (tertiary alicyclic amines) is 1. The molecule has 0 radical (unpaired) electrons. The standard InChI is InChI=1S/C16H20N2O4/c1-16-9-11(10-5-3-4-6-12(10)22-16)13(14(17)19)15(20)18(16)7-8-21-2/h3-6,11,13H,7-9H2,1-2H3,(H2,17,19)/t11-,13-,16+/m0/s1. The normalized spacial score (nSPS) is 29.7. The Bertz CT molecular complexity index is 618. The van der Waals surface area contributed by atoms with Crippen molar-refractivity contribution in [3.8, 4) is 5.75 Å². The number of piperidine rings is 1. The predicted octanol–water partition coefficient (Wildman–Crippen LogP) is 0.859. The number of fused-ring (bicyclic) bond motifs is 4. The molecule has 2 aliphatic rings. The first-order valence-electron chi connectivity index (χ1n) is 7.35. The number of para-hydroxylation sites is 1. The zero-order valence-corrected chi connectivity index (χ0v) is 12.7. The molecule has 0 spiro atoms. The summed E-state index contributed by atoms with van der Waals surface area (Å²) in [5.41, 5.74) is 5.63. The average Bonchev–Trinajstić information content (AvgIpc) is 2.46. The molecule has 118 valence electrons. The van der Waals surface area contributed by atoms with Gasteiger partial charge in [0.05, 0.1) is 6.61 Å². The van der Waals surface area contributed by atoms with Crippen molar-refractivity contribution < 1.29 is 19.1 Å². The molecule has 22 heavy (non-hydrogen) atoms. The third kappa shape index (κ3) is 2.14. The highest BCUT2D eigenvalue weighted by Gasteiger charge is 2.55. The van der Waals surface area contributed by atoms with Crippen LogP contribution >= 0.6 is 0 Å². The van der Waals surface area contributed by atoms with Crippen LogP contribution in [0.1, 0.15) is 24.8 Å². The van der Waals surface area contributed by atoms with Gasteiger partial charge in [0.2, 0.25) is 11.8 Å². The number of methoxy groups -OCH3 is 1. The number of hydrogen-bond acceptors (Lipinski definition) is 4. The topological polar surface area (TPSA) is 81.9 Å². The molecule has 1 aromatic rings. The molecule has 0 saturated carbocycles. The summed E-state index contributed by atoms with van der Waals surface area (Å²) in [5, 5.41) is 0. The van der Waals surface area contributed by atoms with Crippen LogP contribution in [-0.4, -0.2) is 42.7 Å². The summed E-state index contributed by atoms with van der Waals surface area (Å²) in [7, 11) is 1.57. The van der Waals surface area contributed by atoms with Crippen LogP contribution in [0.4, 0.5) is 0 Å². The van der Waals surface area contributed by atoms with E-state index < -0.39 is 17.6 Å². The van der Waals surface area contributed by atoms with Gasteiger partial charge in [0.15, 0.2) is 5.72 Å². The van der Waals surface area contributed by atoms with Crippen molar-refractivity contribution >= 4 is 11.8 Å². The van der Waals surface area contributed by atoms with Gasteiger partial charge >= 0.3 is 0 Å². The second-order valence-corrected chi connectivity index (χ2v) is 5.99. The van der Waals surface area contributed by atoms with Crippen LogP contribution in [0.25, 0.3) is 0 Å². The summed E-state index contributed by atoms with van der Waals surface area (Å²) in [6.45, 7) is 2.62. The Hall–Kier alpha value is -2.08. The fraction of sp³-hybridized carbons (Fsp3) is 0.500. The second kappa shape index (κ2) is 5.28. The molecule has 6 heteroatoms. The van der Waals surface area contributed by atoms with Crippen LogP contribution in [0.5, 0.6) is 5.75 Å². The van der Waals surface area contributed by atoms with E-state index in [4.69, 9.17) is 15.2 Å². The first kappa shape index (κ1) is 14.8. The number of carbonyl (C=O) groups is 2. The molecule has 2 amide bonds. The molecule has 2 bridgehead atoms. The number of benzene rings is 1. The Morgan fingerprint density at radius 3 is 2.91 bits per heavy atom. The summed E-state index contributed by atoms with van der Waals surface area (Å²) < 4.78 is 11.2. The molecular weight excluding hydrogens is 284 g/mol. The number of carbonyl (C=O) groups excluding carboxylic acids is 2. The van der Waals surface area contributed by atoms with Crippen LogP contribution in [0.3, 0.4) is 0 Å². The Balaban J connectivity index is 2.07. The third-order valence-electron chi connectivity index (χ3n) is 4.58. The minimum atomic E-state index is -0.852. The van der Waals surface area contributed by atoms with Gasteiger partial charge in [0.1, 0.15) is 11.7 Å². The van der Waals surface area contributed by atoms with E-state index in [0.717, 1.165) is 5.56 Å². The first-order chi connectivity index (χ1) is 10.5. The molecule has 0 aromatic heterocycles. The Kier molecular flexibility index (Phi) is 3.56. The van der Waals surface area contributed by atoms with Gasteiger partial charge in [-0.05, 0) is 18.6 Å². The van der Waals surface area contributed by atoms with Gasteiger partial charge in [-0.25, -0.2) is 0 Å². The monoisotopic (exact) mass is 304 g/mol. The molecule has 0 aliphatic carbocycles. The van der Waals surface area contributed by atoms with E-state index in [1.807, 2.05) is 31.2 Å². The average molecular weight is 304 g/mol. The van der Waals surface area contributed by atoms with Crippen molar-refractivity contribution in [2.45, 2.75) is 25.0 Å². The maximum absolute atomic E-state index is 12.8. The van der Waals surface area contributed by atoms with Gasteiger partial charge in [0, 0.05) is 26.0 Å². The van der Waals surface area contributed by atoms with Gasteiger partial charge < -0.3 is 20.1 Å². The van der Waals surface area contributed by atoms with Gasteiger partial charge in [-0.3, -0.25) is 9.59 Å². The lowest BCUT2D eigenvalue weighted by Crippen LogP contribution is -2.65. The summed E-state index contributed by atoms with van der Waals surface area (Å²) in [5.74, 6) is -1.25. The van der Waals surface area contributed by atoms with Crippen molar-refractivity contribution in [1.82, 2.24) is 4.90 Å². The highest BCUT2D eigenvalue weighted by atomic mass is 16.5. The maximum Gasteiger partial charge on any atom is 0.238 e. The van der Waals surface area contributed by atoms with Crippen LogP contribution in [-0.2, 0) is 14.3 Å². The Morgan fingerprint density at radius 2 is 2.23 bits per heavy atom. The summed E-state index contributed by atoms with van der Waals surface area (Å²) in [6, 6.07) is 7.52. The van der Waals surface area contributed by atoms with E-state index in [1.165, 1.54) is 0 Å². The van der Waals surface area contributed by atoms with E-state index in [2.05, 4.69) is 0 Å². The largest absolute Gasteiger partial charge is 0.468 e. The number of nitrogens with zero attached hydrogens (tertiary/aromatic N) is 1. The lowest BCUT2D eigenvalue weighted by Gasteiger charge is -2.52. The predicted molar refractivity (Wildman–Crippen MR) is 79.1 cm³/mol. The molecule has 1 fully saturated rings. The highest BCUT2D eigenvalue weighted by molar-refractivity contribution is 6.01. The van der Waals surface area contributed by atoms with Gasteiger partial charge in [-0.1, -0.05) is 18.2 Å². The van der Waals surface area contributed by atoms with Crippen LogP contribution in [0.2, 0.25) is 0 Å². The maximum atomic E-state index is 12.8. The van der Waals surface area contributed by atoms with E-state index in [0.29, 0.717) is 25.3 Å². The SMILES string of the molecule is COCCN1C(=O)[C@H](C(N)=O)[C@H]2C[C@@]1(C)Oc1ccccc12. The molecule has 2 heterocycles. The Morgan fingerprint density at radius 1 is 1.50 bits per heavy atom. The molecule has 2 N–H and O–H groups in total. The fourth-order valence-corrected chi connectivity index (χ4v) is 3.56. The van der Waals surface area contributed by atoms with E-state index in [1.54, 1.807) is 12.0 Å². The second-order valence-electron chi connectivity index (χ2n) is 5.99. The minimum absolute atomic E-state index is 0.237. The zero-order chi connectivity index (χ0) is 15.9. The molecular formula is C16H20N2O4. The first-order valence-corrected chi connectivity index (χ1v) is 7.35. The third-order valence-corrected chi connectivity index (χ3v) is 4.58. The summed E-state index contributed by atoms with van der Waals surface area (Å²) >= 11 is 0. The fourth-order valence-electron chi connectivity index (χ4n) is 3.56. The van der Waals surface area contributed by atoms with E-state index in [9.17, 15) is 9.59 Å². The Labute approximate surface area is 129 Å². The lowest BCUT2D eigenvalue weighted by molar-refractivity contribution is -0.176. The molecule has 2 aliphatic heterocycles. The lowest BCUT2D eigenvalue weighted by atomic mass is 9.73. The van der Waals surface area contributed by atoms with Crippen molar-refractivity contribution in [2.75, 3.05) is 20.3 Å². The van der Waals surface area contributed by atoms with Crippen molar-refractivity contribution in [2.24, 2.45) is 11.7 Å².